The lowest BCUT2D eigenvalue weighted by molar-refractivity contribution is -0.176. The lowest BCUT2D eigenvalue weighted by atomic mass is 10.0. The minimum atomic E-state index is -5.87. The molecule has 0 aromatic rings. The molecule has 9 heteroatoms. The highest BCUT2D eigenvalue weighted by atomic mass is 19.4. The number of carboxylic acids is 1. The van der Waals surface area contributed by atoms with Crippen molar-refractivity contribution in [2.24, 2.45) is 5.92 Å². The number of aliphatic hydroxyl groups excluding tert-OH is 1. The minimum Gasteiger partial charge on any atom is -0.511 e. The summed E-state index contributed by atoms with van der Waals surface area (Å²) in [6, 6.07) is 0. The maximum absolute atomic E-state index is 12.0. The molecule has 2 N–H and O–H groups in total. The van der Waals surface area contributed by atoms with E-state index in [1.165, 1.54) is 0 Å². The van der Waals surface area contributed by atoms with Gasteiger partial charge >= 0.3 is 18.3 Å². The number of hydrogen-bond donors (Lipinski definition) is 2. The van der Waals surface area contributed by atoms with Crippen LogP contribution in [-0.4, -0.2) is 28.5 Å². The molecule has 0 aromatic heterocycles. The first-order chi connectivity index (χ1) is 6.89. The molecule has 0 amide bonds. The molecule has 0 bridgehead atoms. The van der Waals surface area contributed by atoms with Gasteiger partial charge in [0, 0.05) is 0 Å². The first-order valence-electron chi connectivity index (χ1n) is 3.69. The van der Waals surface area contributed by atoms with Gasteiger partial charge in [-0.15, -0.1) is 0 Å². The van der Waals surface area contributed by atoms with Crippen LogP contribution in [0.2, 0.25) is 0 Å². The zero-order chi connectivity index (χ0) is 13.3. The molecule has 3 nitrogen and oxygen atoms in total. The Labute approximate surface area is 85.0 Å². The summed E-state index contributed by atoms with van der Waals surface area (Å²) in [5.41, 5.74) is -3.20. The average Bonchev–Trinajstić information content (AvgIpc) is 1.96. The molecule has 0 aromatic carbocycles. The van der Waals surface area contributed by atoms with Gasteiger partial charge in [0.2, 0.25) is 0 Å². The van der Waals surface area contributed by atoms with Crippen LogP contribution >= 0.6 is 0 Å². The zero-order valence-electron chi connectivity index (χ0n) is 7.65. The summed E-state index contributed by atoms with van der Waals surface area (Å²) < 4.78 is 71.8. The van der Waals surface area contributed by atoms with Crippen LogP contribution in [0.15, 0.2) is 11.3 Å². The number of rotatable bonds is 2. The maximum Gasteiger partial charge on any atom is 0.424 e. The van der Waals surface area contributed by atoms with Crippen molar-refractivity contribution in [3.8, 4) is 0 Å². The van der Waals surface area contributed by atoms with Gasteiger partial charge in [-0.1, -0.05) is 0 Å². The largest absolute Gasteiger partial charge is 0.511 e. The highest BCUT2D eigenvalue weighted by molar-refractivity contribution is 5.72. The Morgan fingerprint density at radius 2 is 1.31 bits per heavy atom. The average molecular weight is 252 g/mol. The van der Waals surface area contributed by atoms with E-state index in [9.17, 15) is 31.1 Å². The SMILES string of the molecule is CC(C(=O)O)C(O)=C(C(F)(F)F)C(F)(F)F. The summed E-state index contributed by atoms with van der Waals surface area (Å²) in [6.07, 6.45) is -11.7. The van der Waals surface area contributed by atoms with Gasteiger partial charge in [0.1, 0.15) is 11.7 Å². The van der Waals surface area contributed by atoms with Crippen LogP contribution < -0.4 is 0 Å². The number of alkyl halides is 6. The summed E-state index contributed by atoms with van der Waals surface area (Å²) in [4.78, 5) is 10.2. The first kappa shape index (κ1) is 14.6. The molecule has 0 aliphatic heterocycles. The van der Waals surface area contributed by atoms with Crippen LogP contribution in [-0.2, 0) is 4.79 Å². The summed E-state index contributed by atoms with van der Waals surface area (Å²) in [5.74, 6) is -6.55. The van der Waals surface area contributed by atoms with Crippen molar-refractivity contribution >= 4 is 5.97 Å². The molecule has 94 valence electrons. The molecule has 0 radical (unpaired) electrons. The van der Waals surface area contributed by atoms with Crippen LogP contribution in [0.5, 0.6) is 0 Å². The third-order valence-electron chi connectivity index (χ3n) is 1.60. The van der Waals surface area contributed by atoms with Crippen LogP contribution in [0.25, 0.3) is 0 Å². The second-order valence-electron chi connectivity index (χ2n) is 2.82. The van der Waals surface area contributed by atoms with E-state index in [1.807, 2.05) is 0 Å². The van der Waals surface area contributed by atoms with Gasteiger partial charge in [0.05, 0.1) is 0 Å². The van der Waals surface area contributed by atoms with Gasteiger partial charge in [-0.25, -0.2) is 0 Å². The van der Waals surface area contributed by atoms with E-state index in [0.717, 1.165) is 0 Å². The van der Waals surface area contributed by atoms with Gasteiger partial charge in [-0.05, 0) is 6.92 Å². The van der Waals surface area contributed by atoms with Crippen molar-refractivity contribution in [2.75, 3.05) is 0 Å². The Kier molecular flexibility index (Phi) is 3.85. The second-order valence-corrected chi connectivity index (χ2v) is 2.82. The number of halogens is 6. The topological polar surface area (TPSA) is 57.5 Å². The molecule has 1 unspecified atom stereocenters. The van der Waals surface area contributed by atoms with Crippen molar-refractivity contribution in [3.05, 3.63) is 11.3 Å². The summed E-state index contributed by atoms with van der Waals surface area (Å²) in [5, 5.41) is 16.9. The Bertz CT molecular complexity index is 297. The Hall–Kier alpha value is -1.41. The van der Waals surface area contributed by atoms with E-state index >= 15 is 0 Å². The third kappa shape index (κ3) is 3.31. The normalized spacial score (nSPS) is 14.4. The molecule has 16 heavy (non-hydrogen) atoms. The molecule has 0 heterocycles. The van der Waals surface area contributed by atoms with E-state index < -0.39 is 35.6 Å². The first-order valence-corrected chi connectivity index (χ1v) is 3.69. The molecule has 0 aliphatic carbocycles. The van der Waals surface area contributed by atoms with Gasteiger partial charge in [-0.2, -0.15) is 26.3 Å². The van der Waals surface area contributed by atoms with Crippen molar-refractivity contribution in [1.82, 2.24) is 0 Å². The van der Waals surface area contributed by atoms with E-state index in [1.54, 1.807) is 0 Å². The standard InChI is InChI=1S/C7H6F6O3/c1-2(5(15)16)3(14)4(6(8,9)10)7(11,12)13/h2,14H,1H3,(H,15,16). The lowest BCUT2D eigenvalue weighted by Gasteiger charge is -2.18. The van der Waals surface area contributed by atoms with E-state index in [4.69, 9.17) is 10.2 Å². The number of aliphatic hydroxyl groups is 1. The van der Waals surface area contributed by atoms with Gasteiger partial charge < -0.3 is 10.2 Å². The second kappa shape index (κ2) is 4.22. The number of hydrogen-bond acceptors (Lipinski definition) is 2. The van der Waals surface area contributed by atoms with Crippen LogP contribution in [0.1, 0.15) is 6.92 Å². The highest BCUT2D eigenvalue weighted by Gasteiger charge is 2.54. The number of carboxylic acid groups (broad SMARTS) is 1. The Morgan fingerprint density at radius 3 is 1.50 bits per heavy atom. The summed E-state index contributed by atoms with van der Waals surface area (Å²) >= 11 is 0. The lowest BCUT2D eigenvalue weighted by Crippen LogP contribution is -2.30. The molecule has 0 aliphatic rings. The Morgan fingerprint density at radius 1 is 1.00 bits per heavy atom. The number of aliphatic carboxylic acids is 1. The van der Waals surface area contributed by atoms with Crippen molar-refractivity contribution in [3.63, 3.8) is 0 Å². The van der Waals surface area contributed by atoms with E-state index in [0.29, 0.717) is 6.92 Å². The predicted molar refractivity (Wildman–Crippen MR) is 38.6 cm³/mol. The highest BCUT2D eigenvalue weighted by Crippen LogP contribution is 2.41. The maximum atomic E-state index is 12.0. The predicted octanol–water partition coefficient (Wildman–Crippen LogP) is 2.64. The quantitative estimate of drug-likeness (QED) is 0.586. The van der Waals surface area contributed by atoms with E-state index in [-0.39, 0.29) is 0 Å². The van der Waals surface area contributed by atoms with Crippen LogP contribution in [0.3, 0.4) is 0 Å². The molecular formula is C7H6F6O3. The number of allylic oxidation sites excluding steroid dienone is 1. The molecule has 0 spiro atoms. The molecule has 0 saturated heterocycles. The fourth-order valence-corrected chi connectivity index (χ4v) is 0.785. The van der Waals surface area contributed by atoms with Crippen LogP contribution in [0, 0.1) is 5.92 Å². The van der Waals surface area contributed by atoms with Crippen LogP contribution in [0.4, 0.5) is 26.3 Å². The zero-order valence-corrected chi connectivity index (χ0v) is 7.65. The van der Waals surface area contributed by atoms with Gasteiger partial charge in [0.25, 0.3) is 0 Å². The van der Waals surface area contributed by atoms with Gasteiger partial charge in [0.15, 0.2) is 5.57 Å². The molecule has 0 fully saturated rings. The Balaban J connectivity index is 5.68. The van der Waals surface area contributed by atoms with Crippen molar-refractivity contribution < 1.29 is 41.4 Å². The summed E-state index contributed by atoms with van der Waals surface area (Å²) in [6.45, 7) is 0.509. The smallest absolute Gasteiger partial charge is 0.424 e. The minimum absolute atomic E-state index is 0.509. The number of carbonyl (C=O) groups is 1. The van der Waals surface area contributed by atoms with Crippen molar-refractivity contribution in [2.45, 2.75) is 19.3 Å². The van der Waals surface area contributed by atoms with Crippen molar-refractivity contribution in [1.29, 1.82) is 0 Å². The molecule has 0 saturated carbocycles. The monoisotopic (exact) mass is 252 g/mol. The van der Waals surface area contributed by atoms with E-state index in [2.05, 4.69) is 0 Å². The fourth-order valence-electron chi connectivity index (χ4n) is 0.785. The molecule has 1 atom stereocenters. The molecule has 0 rings (SSSR count). The summed E-state index contributed by atoms with van der Waals surface area (Å²) in [7, 11) is 0. The fraction of sp³-hybridized carbons (Fsp3) is 0.571. The third-order valence-corrected chi connectivity index (χ3v) is 1.60. The van der Waals surface area contributed by atoms with Gasteiger partial charge in [-0.3, -0.25) is 4.79 Å². The molecular weight excluding hydrogens is 246 g/mol.